The van der Waals surface area contributed by atoms with E-state index in [9.17, 15) is 4.79 Å². The average Bonchev–Trinajstić information content (AvgIpc) is 2.46. The standard InChI is InChI=1S/C10H20O2.C10H14O/c1-7-10(5,6)8(11)12-9(2,3)4;1-3-8(2)9-4-6-10(11)7-5-9/h7H2,1-6H3;4-8,11H,3H2,1-2H3. The molecule has 0 amide bonds. The highest BCUT2D eigenvalue weighted by Crippen LogP contribution is 2.24. The molecule has 0 radical (unpaired) electrons. The molecule has 0 saturated carbocycles. The van der Waals surface area contributed by atoms with Crippen LogP contribution < -0.4 is 0 Å². The Labute approximate surface area is 142 Å². The molecule has 1 atom stereocenters. The van der Waals surface area contributed by atoms with Crippen molar-refractivity contribution in [3.8, 4) is 5.75 Å². The number of rotatable bonds is 4. The predicted molar refractivity (Wildman–Crippen MR) is 96.7 cm³/mol. The summed E-state index contributed by atoms with van der Waals surface area (Å²) in [5, 5.41) is 9.01. The molecule has 0 heterocycles. The van der Waals surface area contributed by atoms with Gasteiger partial charge in [0.1, 0.15) is 11.4 Å². The van der Waals surface area contributed by atoms with Crippen molar-refractivity contribution in [1.29, 1.82) is 0 Å². The lowest BCUT2D eigenvalue weighted by Crippen LogP contribution is -2.33. The highest BCUT2D eigenvalue weighted by molar-refractivity contribution is 5.76. The van der Waals surface area contributed by atoms with Crippen molar-refractivity contribution in [2.45, 2.75) is 79.8 Å². The smallest absolute Gasteiger partial charge is 0.312 e. The molecule has 23 heavy (non-hydrogen) atoms. The Balaban J connectivity index is 0.000000422. The highest BCUT2D eigenvalue weighted by atomic mass is 16.6. The van der Waals surface area contributed by atoms with Crippen LogP contribution in [-0.4, -0.2) is 16.7 Å². The van der Waals surface area contributed by atoms with E-state index >= 15 is 0 Å². The number of benzene rings is 1. The van der Waals surface area contributed by atoms with Crippen molar-refractivity contribution in [3.63, 3.8) is 0 Å². The molecule has 0 fully saturated rings. The normalized spacial score (nSPS) is 12.9. The first-order valence-corrected chi connectivity index (χ1v) is 8.45. The largest absolute Gasteiger partial charge is 0.508 e. The molecule has 0 aliphatic heterocycles. The third-order valence-electron chi connectivity index (χ3n) is 3.91. The molecular formula is C20H34O3. The fourth-order valence-corrected chi connectivity index (χ4v) is 1.60. The van der Waals surface area contributed by atoms with Crippen LogP contribution in [0.2, 0.25) is 0 Å². The van der Waals surface area contributed by atoms with E-state index in [0.717, 1.165) is 12.8 Å². The maximum atomic E-state index is 11.5. The second-order valence-corrected chi connectivity index (χ2v) is 7.64. The molecule has 132 valence electrons. The second-order valence-electron chi connectivity index (χ2n) is 7.64. The minimum absolute atomic E-state index is 0.113. The zero-order chi connectivity index (χ0) is 18.3. The van der Waals surface area contributed by atoms with Crippen molar-refractivity contribution in [3.05, 3.63) is 29.8 Å². The maximum Gasteiger partial charge on any atom is 0.312 e. The molecule has 0 bridgehead atoms. The molecule has 0 saturated heterocycles. The Kier molecular flexibility index (Phi) is 8.36. The van der Waals surface area contributed by atoms with E-state index in [-0.39, 0.29) is 17.0 Å². The van der Waals surface area contributed by atoms with Crippen LogP contribution in [0.1, 0.15) is 79.7 Å². The lowest BCUT2D eigenvalue weighted by atomic mass is 9.90. The van der Waals surface area contributed by atoms with E-state index in [4.69, 9.17) is 9.84 Å². The molecule has 1 aromatic carbocycles. The van der Waals surface area contributed by atoms with Gasteiger partial charge in [-0.15, -0.1) is 0 Å². The molecule has 1 aromatic rings. The first-order chi connectivity index (χ1) is 10.4. The number of hydrogen-bond donors (Lipinski definition) is 1. The monoisotopic (exact) mass is 322 g/mol. The Bertz CT molecular complexity index is 467. The minimum atomic E-state index is -0.372. The SMILES string of the molecule is CCC(C)(C)C(=O)OC(C)(C)C.CCC(C)c1ccc(O)cc1. The molecule has 3 nitrogen and oxygen atoms in total. The van der Waals surface area contributed by atoms with Gasteiger partial charge in [0, 0.05) is 0 Å². The first kappa shape index (κ1) is 21.5. The molecular weight excluding hydrogens is 288 g/mol. The topological polar surface area (TPSA) is 46.5 Å². The molecule has 1 unspecified atom stereocenters. The summed E-state index contributed by atoms with van der Waals surface area (Å²) in [4.78, 5) is 11.5. The fourth-order valence-electron chi connectivity index (χ4n) is 1.60. The van der Waals surface area contributed by atoms with Crippen LogP contribution in [0.25, 0.3) is 0 Å². The summed E-state index contributed by atoms with van der Waals surface area (Å²) in [6, 6.07) is 7.43. The molecule has 1 rings (SSSR count). The van der Waals surface area contributed by atoms with Gasteiger partial charge in [-0.3, -0.25) is 4.79 Å². The average molecular weight is 322 g/mol. The number of esters is 1. The second kappa shape index (κ2) is 8.95. The fraction of sp³-hybridized carbons (Fsp3) is 0.650. The summed E-state index contributed by atoms with van der Waals surface area (Å²) in [7, 11) is 0. The molecule has 0 aliphatic rings. The van der Waals surface area contributed by atoms with Gasteiger partial charge in [0.25, 0.3) is 0 Å². The quantitative estimate of drug-likeness (QED) is 0.726. The summed E-state index contributed by atoms with van der Waals surface area (Å²) in [6.07, 6.45) is 1.95. The van der Waals surface area contributed by atoms with Crippen LogP contribution in [0.3, 0.4) is 0 Å². The Morgan fingerprint density at radius 1 is 1.09 bits per heavy atom. The molecule has 1 N–H and O–H groups in total. The van der Waals surface area contributed by atoms with E-state index in [1.165, 1.54) is 5.56 Å². The predicted octanol–water partition coefficient (Wildman–Crippen LogP) is 5.67. The summed E-state index contributed by atoms with van der Waals surface area (Å²) >= 11 is 0. The van der Waals surface area contributed by atoms with Crippen molar-refractivity contribution in [2.75, 3.05) is 0 Å². The molecule has 3 heteroatoms. The third kappa shape index (κ3) is 8.63. The van der Waals surface area contributed by atoms with Gasteiger partial charge in [0.15, 0.2) is 0 Å². The first-order valence-electron chi connectivity index (χ1n) is 8.45. The van der Waals surface area contributed by atoms with Crippen LogP contribution in [-0.2, 0) is 9.53 Å². The van der Waals surface area contributed by atoms with Gasteiger partial charge in [-0.25, -0.2) is 0 Å². The van der Waals surface area contributed by atoms with Crippen LogP contribution in [0.4, 0.5) is 0 Å². The summed E-state index contributed by atoms with van der Waals surface area (Å²) in [5.74, 6) is 0.824. The van der Waals surface area contributed by atoms with Gasteiger partial charge in [-0.2, -0.15) is 0 Å². The lowest BCUT2D eigenvalue weighted by molar-refractivity contribution is -0.165. The van der Waals surface area contributed by atoms with E-state index in [1.54, 1.807) is 12.1 Å². The third-order valence-corrected chi connectivity index (χ3v) is 3.91. The zero-order valence-corrected chi connectivity index (χ0v) is 16.1. The van der Waals surface area contributed by atoms with Gasteiger partial charge in [-0.05, 0) is 71.1 Å². The number of carbonyl (C=O) groups excluding carboxylic acids is 1. The number of carbonyl (C=O) groups is 1. The van der Waals surface area contributed by atoms with Crippen LogP contribution >= 0.6 is 0 Å². The van der Waals surface area contributed by atoms with Crippen LogP contribution in [0, 0.1) is 5.41 Å². The van der Waals surface area contributed by atoms with Gasteiger partial charge < -0.3 is 9.84 Å². The number of ether oxygens (including phenoxy) is 1. The van der Waals surface area contributed by atoms with Crippen molar-refractivity contribution < 1.29 is 14.6 Å². The highest BCUT2D eigenvalue weighted by Gasteiger charge is 2.30. The van der Waals surface area contributed by atoms with Crippen LogP contribution in [0.5, 0.6) is 5.75 Å². The zero-order valence-electron chi connectivity index (χ0n) is 16.1. The van der Waals surface area contributed by atoms with Gasteiger partial charge in [-0.1, -0.05) is 32.9 Å². The van der Waals surface area contributed by atoms with E-state index in [0.29, 0.717) is 11.7 Å². The van der Waals surface area contributed by atoms with Crippen molar-refractivity contribution >= 4 is 5.97 Å². The lowest BCUT2D eigenvalue weighted by Gasteiger charge is -2.27. The Morgan fingerprint density at radius 2 is 1.57 bits per heavy atom. The van der Waals surface area contributed by atoms with E-state index in [1.807, 2.05) is 53.7 Å². The van der Waals surface area contributed by atoms with E-state index in [2.05, 4.69) is 13.8 Å². The van der Waals surface area contributed by atoms with Crippen molar-refractivity contribution in [2.24, 2.45) is 5.41 Å². The van der Waals surface area contributed by atoms with E-state index < -0.39 is 0 Å². The number of phenolic OH excluding ortho intramolecular Hbond substituents is 1. The Hall–Kier alpha value is -1.51. The maximum absolute atomic E-state index is 11.5. The number of phenols is 1. The van der Waals surface area contributed by atoms with Gasteiger partial charge >= 0.3 is 5.97 Å². The van der Waals surface area contributed by atoms with Gasteiger partial charge in [0.05, 0.1) is 5.41 Å². The van der Waals surface area contributed by atoms with Crippen LogP contribution in [0.15, 0.2) is 24.3 Å². The minimum Gasteiger partial charge on any atom is -0.508 e. The van der Waals surface area contributed by atoms with Crippen molar-refractivity contribution in [1.82, 2.24) is 0 Å². The summed E-state index contributed by atoms with van der Waals surface area (Å²) in [5.41, 5.74) is 0.571. The molecule has 0 aliphatic carbocycles. The number of hydrogen-bond acceptors (Lipinski definition) is 3. The summed E-state index contributed by atoms with van der Waals surface area (Å²) in [6.45, 7) is 15.8. The van der Waals surface area contributed by atoms with Gasteiger partial charge in [0.2, 0.25) is 0 Å². The summed E-state index contributed by atoms with van der Waals surface area (Å²) < 4.78 is 5.25. The molecule has 0 aromatic heterocycles. The molecule has 0 spiro atoms. The number of aromatic hydroxyl groups is 1. The Morgan fingerprint density at radius 3 is 1.91 bits per heavy atom.